The van der Waals surface area contributed by atoms with Crippen LogP contribution < -0.4 is 20.4 Å². The Hall–Kier alpha value is -2.73. The first-order chi connectivity index (χ1) is 14.2. The van der Waals surface area contributed by atoms with Gasteiger partial charge in [0, 0.05) is 62.9 Å². The molecule has 0 aliphatic carbocycles. The van der Waals surface area contributed by atoms with E-state index in [0.717, 1.165) is 50.6 Å². The minimum Gasteiger partial charge on any atom is -0.381 e. The van der Waals surface area contributed by atoms with E-state index in [9.17, 15) is 4.79 Å². The third-order valence-electron chi connectivity index (χ3n) is 5.76. The first-order valence-electron chi connectivity index (χ1n) is 10.7. The van der Waals surface area contributed by atoms with Crippen molar-refractivity contribution in [3.05, 3.63) is 54.1 Å². The number of benzene rings is 2. The molecule has 2 N–H and O–H groups in total. The quantitative estimate of drug-likeness (QED) is 0.757. The summed E-state index contributed by atoms with van der Waals surface area (Å²) in [5.74, 6) is 0. The van der Waals surface area contributed by atoms with E-state index in [-0.39, 0.29) is 6.03 Å². The monoisotopic (exact) mass is 393 g/mol. The van der Waals surface area contributed by atoms with Crippen LogP contribution in [0.4, 0.5) is 21.9 Å². The predicted octanol–water partition coefficient (Wildman–Crippen LogP) is 3.36. The Kier molecular flexibility index (Phi) is 6.20. The molecule has 2 saturated heterocycles. The molecule has 0 aromatic heterocycles. The standard InChI is InChI=1S/C23H31N5O/c1-2-12-26-14-16-27(17-15-26)22-6-4-3-5-19(22)18-25-20-7-9-21(10-8-20)28-13-11-24-23(28)29/h3-10,25H,2,11-18H2,1H3,(H,24,29). The molecule has 2 heterocycles. The number of piperazine rings is 1. The molecule has 6 heteroatoms. The van der Waals surface area contributed by atoms with Crippen LogP contribution >= 0.6 is 0 Å². The molecule has 4 rings (SSSR count). The van der Waals surface area contributed by atoms with E-state index >= 15 is 0 Å². The molecule has 0 bridgehead atoms. The van der Waals surface area contributed by atoms with Crippen LogP contribution in [0.1, 0.15) is 18.9 Å². The second kappa shape index (κ2) is 9.18. The molecular formula is C23H31N5O. The highest BCUT2D eigenvalue weighted by atomic mass is 16.2. The van der Waals surface area contributed by atoms with Crippen LogP contribution in [-0.2, 0) is 6.54 Å². The van der Waals surface area contributed by atoms with E-state index < -0.39 is 0 Å². The van der Waals surface area contributed by atoms with Gasteiger partial charge in [0.25, 0.3) is 0 Å². The van der Waals surface area contributed by atoms with Gasteiger partial charge in [-0.3, -0.25) is 9.80 Å². The summed E-state index contributed by atoms with van der Waals surface area (Å²) in [6, 6.07) is 16.8. The van der Waals surface area contributed by atoms with Crippen LogP contribution in [0.15, 0.2) is 48.5 Å². The van der Waals surface area contributed by atoms with Crippen molar-refractivity contribution < 1.29 is 4.79 Å². The predicted molar refractivity (Wildman–Crippen MR) is 120 cm³/mol. The maximum absolute atomic E-state index is 11.8. The third kappa shape index (κ3) is 4.65. The zero-order valence-corrected chi connectivity index (χ0v) is 17.2. The van der Waals surface area contributed by atoms with Crippen LogP contribution in [-0.4, -0.2) is 56.7 Å². The summed E-state index contributed by atoms with van der Waals surface area (Å²) in [6.07, 6.45) is 1.22. The minimum absolute atomic E-state index is 0.0151. The maximum atomic E-state index is 11.8. The molecule has 0 atom stereocenters. The molecule has 0 saturated carbocycles. The molecule has 2 aliphatic heterocycles. The average molecular weight is 394 g/mol. The number of nitrogens with zero attached hydrogens (tertiary/aromatic N) is 3. The van der Waals surface area contributed by atoms with Gasteiger partial charge in [0.15, 0.2) is 0 Å². The zero-order chi connectivity index (χ0) is 20.1. The molecule has 29 heavy (non-hydrogen) atoms. The number of hydrogen-bond donors (Lipinski definition) is 2. The molecule has 6 nitrogen and oxygen atoms in total. The molecule has 2 amide bonds. The Morgan fingerprint density at radius 3 is 2.41 bits per heavy atom. The number of carbonyl (C=O) groups excluding carboxylic acids is 1. The minimum atomic E-state index is -0.0151. The average Bonchev–Trinajstić information content (AvgIpc) is 3.19. The van der Waals surface area contributed by atoms with Gasteiger partial charge in [0.05, 0.1) is 0 Å². The second-order valence-electron chi connectivity index (χ2n) is 7.74. The Balaban J connectivity index is 1.37. The van der Waals surface area contributed by atoms with Crippen LogP contribution in [0, 0.1) is 0 Å². The number of amides is 2. The van der Waals surface area contributed by atoms with E-state index in [1.807, 2.05) is 24.3 Å². The summed E-state index contributed by atoms with van der Waals surface area (Å²) >= 11 is 0. The fraction of sp³-hybridized carbons (Fsp3) is 0.435. The van der Waals surface area contributed by atoms with Crippen molar-refractivity contribution in [1.82, 2.24) is 10.2 Å². The Morgan fingerprint density at radius 2 is 1.72 bits per heavy atom. The lowest BCUT2D eigenvalue weighted by molar-refractivity contribution is 0.252. The van der Waals surface area contributed by atoms with Crippen molar-refractivity contribution >= 4 is 23.1 Å². The first-order valence-corrected chi connectivity index (χ1v) is 10.7. The van der Waals surface area contributed by atoms with E-state index in [1.54, 1.807) is 4.90 Å². The number of anilines is 3. The highest BCUT2D eigenvalue weighted by Gasteiger charge is 2.21. The fourth-order valence-electron chi connectivity index (χ4n) is 4.17. The van der Waals surface area contributed by atoms with Gasteiger partial charge in [0.1, 0.15) is 0 Å². The summed E-state index contributed by atoms with van der Waals surface area (Å²) in [5.41, 5.74) is 4.66. The normalized spacial score (nSPS) is 17.5. The topological polar surface area (TPSA) is 50.9 Å². The van der Waals surface area contributed by atoms with E-state index in [2.05, 4.69) is 51.6 Å². The number of carbonyl (C=O) groups is 1. The molecule has 154 valence electrons. The van der Waals surface area contributed by atoms with Crippen LogP contribution in [0.3, 0.4) is 0 Å². The summed E-state index contributed by atoms with van der Waals surface area (Å²) in [7, 11) is 0. The number of rotatable bonds is 7. The van der Waals surface area contributed by atoms with Crippen LogP contribution in [0.2, 0.25) is 0 Å². The summed E-state index contributed by atoms with van der Waals surface area (Å²) in [4.78, 5) is 18.6. The van der Waals surface area contributed by atoms with Gasteiger partial charge in [-0.1, -0.05) is 25.1 Å². The largest absolute Gasteiger partial charge is 0.381 e. The SMILES string of the molecule is CCCN1CCN(c2ccccc2CNc2ccc(N3CCNC3=O)cc2)CC1. The van der Waals surface area contributed by atoms with E-state index in [0.29, 0.717) is 6.54 Å². The lowest BCUT2D eigenvalue weighted by Gasteiger charge is -2.37. The molecule has 2 aromatic rings. The summed E-state index contributed by atoms with van der Waals surface area (Å²) in [6.45, 7) is 10.1. The Bertz CT molecular complexity index is 814. The van der Waals surface area contributed by atoms with Crippen LogP contribution in [0.25, 0.3) is 0 Å². The molecular weight excluding hydrogens is 362 g/mol. The fourth-order valence-corrected chi connectivity index (χ4v) is 4.17. The van der Waals surface area contributed by atoms with Crippen molar-refractivity contribution in [3.8, 4) is 0 Å². The first kappa shape index (κ1) is 19.6. The molecule has 0 unspecified atom stereocenters. The maximum Gasteiger partial charge on any atom is 0.321 e. The lowest BCUT2D eigenvalue weighted by Crippen LogP contribution is -2.46. The van der Waals surface area contributed by atoms with E-state index in [1.165, 1.54) is 24.2 Å². The van der Waals surface area contributed by atoms with Gasteiger partial charge in [-0.15, -0.1) is 0 Å². The number of para-hydroxylation sites is 1. The Labute approximate surface area is 173 Å². The van der Waals surface area contributed by atoms with Crippen molar-refractivity contribution in [1.29, 1.82) is 0 Å². The molecule has 2 aliphatic rings. The number of urea groups is 1. The second-order valence-corrected chi connectivity index (χ2v) is 7.74. The van der Waals surface area contributed by atoms with E-state index in [4.69, 9.17) is 0 Å². The van der Waals surface area contributed by atoms with Gasteiger partial charge in [-0.05, 0) is 48.9 Å². The van der Waals surface area contributed by atoms with Crippen molar-refractivity contribution in [3.63, 3.8) is 0 Å². The molecule has 2 aromatic carbocycles. The molecule has 0 radical (unpaired) electrons. The number of hydrogen-bond acceptors (Lipinski definition) is 4. The highest BCUT2D eigenvalue weighted by molar-refractivity contribution is 5.94. The lowest BCUT2D eigenvalue weighted by atomic mass is 10.1. The van der Waals surface area contributed by atoms with Gasteiger partial charge in [-0.2, -0.15) is 0 Å². The van der Waals surface area contributed by atoms with Gasteiger partial charge < -0.3 is 15.5 Å². The third-order valence-corrected chi connectivity index (χ3v) is 5.76. The molecule has 2 fully saturated rings. The van der Waals surface area contributed by atoms with Crippen molar-refractivity contribution in [2.24, 2.45) is 0 Å². The smallest absolute Gasteiger partial charge is 0.321 e. The summed E-state index contributed by atoms with van der Waals surface area (Å²) in [5, 5.41) is 6.38. The summed E-state index contributed by atoms with van der Waals surface area (Å²) < 4.78 is 0. The van der Waals surface area contributed by atoms with Gasteiger partial charge in [0.2, 0.25) is 0 Å². The molecule has 0 spiro atoms. The highest BCUT2D eigenvalue weighted by Crippen LogP contribution is 2.24. The van der Waals surface area contributed by atoms with Crippen molar-refractivity contribution in [2.45, 2.75) is 19.9 Å². The van der Waals surface area contributed by atoms with Crippen LogP contribution in [0.5, 0.6) is 0 Å². The zero-order valence-electron chi connectivity index (χ0n) is 17.2. The van der Waals surface area contributed by atoms with Crippen molar-refractivity contribution in [2.75, 3.05) is 60.9 Å². The Morgan fingerprint density at radius 1 is 0.966 bits per heavy atom. The van der Waals surface area contributed by atoms with Gasteiger partial charge >= 0.3 is 6.03 Å². The number of nitrogens with one attached hydrogen (secondary N) is 2. The van der Waals surface area contributed by atoms with Gasteiger partial charge in [-0.25, -0.2) is 4.79 Å².